The van der Waals surface area contributed by atoms with E-state index in [-0.39, 0.29) is 5.60 Å². The van der Waals surface area contributed by atoms with E-state index in [1.165, 1.54) is 32.1 Å². The lowest BCUT2D eigenvalue weighted by Gasteiger charge is -2.58. The Morgan fingerprint density at radius 3 is 2.24 bits per heavy atom. The summed E-state index contributed by atoms with van der Waals surface area (Å²) < 4.78 is 6.04. The molecule has 2 saturated carbocycles. The SMILES string of the molecule is CC1O[C@@]12CC[C@H]1C(C)(C)CCC[C@]1(C)[C@H]2C. The molecule has 0 aromatic rings. The van der Waals surface area contributed by atoms with Crippen LogP contribution in [-0.4, -0.2) is 11.7 Å². The molecule has 0 N–H and O–H groups in total. The molecule has 1 spiro atoms. The quantitative estimate of drug-likeness (QED) is 0.568. The first-order valence-corrected chi connectivity index (χ1v) is 7.51. The van der Waals surface area contributed by atoms with E-state index >= 15 is 0 Å². The van der Waals surface area contributed by atoms with Crippen molar-refractivity contribution in [1.29, 1.82) is 0 Å². The maximum absolute atomic E-state index is 6.04. The number of rotatable bonds is 0. The smallest absolute Gasteiger partial charge is 0.0976 e. The first kappa shape index (κ1) is 12.0. The molecule has 1 aliphatic heterocycles. The van der Waals surface area contributed by atoms with E-state index in [9.17, 15) is 0 Å². The highest BCUT2D eigenvalue weighted by Crippen LogP contribution is 2.66. The van der Waals surface area contributed by atoms with Gasteiger partial charge in [-0.1, -0.05) is 34.1 Å². The van der Waals surface area contributed by atoms with Crippen LogP contribution >= 0.6 is 0 Å². The van der Waals surface area contributed by atoms with Gasteiger partial charge in [0, 0.05) is 0 Å². The topological polar surface area (TPSA) is 12.5 Å². The van der Waals surface area contributed by atoms with E-state index in [0.29, 0.717) is 16.9 Å². The summed E-state index contributed by atoms with van der Waals surface area (Å²) in [6.45, 7) is 12.3. The highest BCUT2D eigenvalue weighted by molar-refractivity contribution is 5.15. The molecular formula is C16H28O. The van der Waals surface area contributed by atoms with Gasteiger partial charge in [0.15, 0.2) is 0 Å². The first-order valence-electron chi connectivity index (χ1n) is 7.51. The zero-order valence-corrected chi connectivity index (χ0v) is 12.2. The van der Waals surface area contributed by atoms with Crippen molar-refractivity contribution in [3.8, 4) is 0 Å². The summed E-state index contributed by atoms with van der Waals surface area (Å²) in [5, 5.41) is 0. The summed E-state index contributed by atoms with van der Waals surface area (Å²) >= 11 is 0. The number of hydrogen-bond acceptors (Lipinski definition) is 1. The zero-order valence-electron chi connectivity index (χ0n) is 12.2. The van der Waals surface area contributed by atoms with E-state index < -0.39 is 0 Å². The molecule has 3 fully saturated rings. The van der Waals surface area contributed by atoms with Gasteiger partial charge in [0.2, 0.25) is 0 Å². The second kappa shape index (κ2) is 3.29. The first-order chi connectivity index (χ1) is 7.83. The Labute approximate surface area is 106 Å². The van der Waals surface area contributed by atoms with Crippen molar-refractivity contribution in [2.75, 3.05) is 0 Å². The molecule has 5 atom stereocenters. The van der Waals surface area contributed by atoms with Crippen LogP contribution in [0.2, 0.25) is 0 Å². The van der Waals surface area contributed by atoms with Gasteiger partial charge >= 0.3 is 0 Å². The molecule has 1 heteroatoms. The van der Waals surface area contributed by atoms with E-state index in [1.54, 1.807) is 0 Å². The maximum Gasteiger partial charge on any atom is 0.0976 e. The highest BCUT2D eigenvalue weighted by Gasteiger charge is 2.67. The molecule has 0 aromatic carbocycles. The summed E-state index contributed by atoms with van der Waals surface area (Å²) in [6, 6.07) is 0. The van der Waals surface area contributed by atoms with Crippen molar-refractivity contribution in [3.63, 3.8) is 0 Å². The Balaban J connectivity index is 1.94. The molecule has 17 heavy (non-hydrogen) atoms. The molecule has 98 valence electrons. The second-order valence-corrected chi connectivity index (χ2v) is 7.88. The molecule has 0 radical (unpaired) electrons. The monoisotopic (exact) mass is 236 g/mol. The average Bonchev–Trinajstić information content (AvgIpc) is 2.86. The third-order valence-corrected chi connectivity index (χ3v) is 6.85. The Morgan fingerprint density at radius 1 is 1.00 bits per heavy atom. The van der Waals surface area contributed by atoms with Crippen LogP contribution in [0.25, 0.3) is 0 Å². The summed E-state index contributed by atoms with van der Waals surface area (Å²) in [5.41, 5.74) is 1.32. The van der Waals surface area contributed by atoms with Gasteiger partial charge < -0.3 is 4.74 Å². The predicted molar refractivity (Wildman–Crippen MR) is 70.9 cm³/mol. The fourth-order valence-electron chi connectivity index (χ4n) is 5.56. The van der Waals surface area contributed by atoms with Gasteiger partial charge in [-0.15, -0.1) is 0 Å². The van der Waals surface area contributed by atoms with Crippen LogP contribution in [0.3, 0.4) is 0 Å². The van der Waals surface area contributed by atoms with Crippen LogP contribution in [0.15, 0.2) is 0 Å². The summed E-state index contributed by atoms with van der Waals surface area (Å²) in [7, 11) is 0. The van der Waals surface area contributed by atoms with Crippen LogP contribution in [0, 0.1) is 22.7 Å². The van der Waals surface area contributed by atoms with Crippen LogP contribution in [0.4, 0.5) is 0 Å². The molecule has 0 amide bonds. The number of epoxide rings is 1. The van der Waals surface area contributed by atoms with E-state index in [0.717, 1.165) is 11.8 Å². The van der Waals surface area contributed by atoms with Gasteiger partial charge in [-0.3, -0.25) is 0 Å². The van der Waals surface area contributed by atoms with Gasteiger partial charge in [-0.05, 0) is 55.3 Å². The minimum atomic E-state index is 0.263. The number of fused-ring (bicyclic) bond motifs is 1. The summed E-state index contributed by atoms with van der Waals surface area (Å²) in [6.07, 6.45) is 7.45. The standard InChI is InChI=1S/C16H28O/c1-11-15(5)9-6-8-14(3,4)13(15)7-10-16(11)12(2)17-16/h11-13H,6-10H2,1-5H3/t11-,12?,13+,15-,16-/m1/s1. The summed E-state index contributed by atoms with van der Waals surface area (Å²) in [4.78, 5) is 0. The normalized spacial score (nSPS) is 56.6. The second-order valence-electron chi connectivity index (χ2n) is 7.88. The van der Waals surface area contributed by atoms with Crippen LogP contribution < -0.4 is 0 Å². The third kappa shape index (κ3) is 1.41. The molecule has 0 bridgehead atoms. The van der Waals surface area contributed by atoms with Gasteiger partial charge in [-0.2, -0.15) is 0 Å². The lowest BCUT2D eigenvalue weighted by molar-refractivity contribution is -0.0982. The molecule has 2 aliphatic carbocycles. The van der Waals surface area contributed by atoms with Gasteiger partial charge in [-0.25, -0.2) is 0 Å². The summed E-state index contributed by atoms with van der Waals surface area (Å²) in [5.74, 6) is 1.64. The maximum atomic E-state index is 6.04. The Kier molecular flexibility index (Phi) is 2.32. The Hall–Kier alpha value is -0.0400. The molecular weight excluding hydrogens is 208 g/mol. The largest absolute Gasteiger partial charge is 0.366 e. The predicted octanol–water partition coefficient (Wildman–Crippen LogP) is 4.41. The van der Waals surface area contributed by atoms with Crippen molar-refractivity contribution in [2.45, 2.75) is 78.4 Å². The highest BCUT2D eigenvalue weighted by atomic mass is 16.6. The van der Waals surface area contributed by atoms with Crippen LogP contribution in [-0.2, 0) is 4.74 Å². The van der Waals surface area contributed by atoms with Crippen molar-refractivity contribution < 1.29 is 4.74 Å². The molecule has 3 aliphatic rings. The molecule has 1 nitrogen and oxygen atoms in total. The molecule has 1 heterocycles. The van der Waals surface area contributed by atoms with Gasteiger partial charge in [0.1, 0.15) is 0 Å². The minimum absolute atomic E-state index is 0.263. The van der Waals surface area contributed by atoms with Crippen LogP contribution in [0.1, 0.15) is 66.7 Å². The average molecular weight is 236 g/mol. The van der Waals surface area contributed by atoms with Gasteiger partial charge in [0.25, 0.3) is 0 Å². The Morgan fingerprint density at radius 2 is 1.65 bits per heavy atom. The molecule has 0 aromatic heterocycles. The fraction of sp³-hybridized carbons (Fsp3) is 1.00. The molecule has 1 saturated heterocycles. The van der Waals surface area contributed by atoms with Gasteiger partial charge in [0.05, 0.1) is 11.7 Å². The lowest BCUT2D eigenvalue weighted by Crippen LogP contribution is -2.54. The van der Waals surface area contributed by atoms with E-state index in [1.807, 2.05) is 0 Å². The minimum Gasteiger partial charge on any atom is -0.366 e. The van der Waals surface area contributed by atoms with Crippen molar-refractivity contribution in [2.24, 2.45) is 22.7 Å². The number of hydrogen-bond donors (Lipinski definition) is 0. The molecule has 1 unspecified atom stereocenters. The van der Waals surface area contributed by atoms with Crippen molar-refractivity contribution in [3.05, 3.63) is 0 Å². The fourth-order valence-corrected chi connectivity index (χ4v) is 5.56. The molecule has 3 rings (SSSR count). The van der Waals surface area contributed by atoms with Crippen LogP contribution in [0.5, 0.6) is 0 Å². The third-order valence-electron chi connectivity index (χ3n) is 6.85. The zero-order chi connectivity index (χ0) is 12.5. The van der Waals surface area contributed by atoms with E-state index in [4.69, 9.17) is 4.74 Å². The van der Waals surface area contributed by atoms with Crippen molar-refractivity contribution in [1.82, 2.24) is 0 Å². The lowest BCUT2D eigenvalue weighted by atomic mass is 9.46. The Bertz CT molecular complexity index is 334. The number of ether oxygens (including phenoxy) is 1. The van der Waals surface area contributed by atoms with E-state index in [2.05, 4.69) is 34.6 Å². The van der Waals surface area contributed by atoms with Crippen molar-refractivity contribution >= 4 is 0 Å².